The van der Waals surface area contributed by atoms with Crippen molar-refractivity contribution in [2.75, 3.05) is 0 Å². The van der Waals surface area contributed by atoms with E-state index in [9.17, 15) is 0 Å². The van der Waals surface area contributed by atoms with Gasteiger partial charge < -0.3 is 4.74 Å². The van der Waals surface area contributed by atoms with Gasteiger partial charge in [-0.25, -0.2) is 4.68 Å². The Morgan fingerprint density at radius 3 is 1.62 bits per heavy atom. The molecule has 0 aliphatic carbocycles. The minimum Gasteiger partial charge on any atom is -0.322 e. The zero-order valence-corrected chi connectivity index (χ0v) is 21.1. The SMILES string of the molecule is O=C(C(c1ccccc1)c1ccccc1)C1(n2nnc3ccccc32)OC1(c1ccccc1)c1ccccc1. The summed E-state index contributed by atoms with van der Waals surface area (Å²) in [7, 11) is 0. The van der Waals surface area contributed by atoms with E-state index in [0.717, 1.165) is 27.8 Å². The van der Waals surface area contributed by atoms with Gasteiger partial charge in [0.1, 0.15) is 5.52 Å². The Labute approximate surface area is 226 Å². The van der Waals surface area contributed by atoms with Crippen LogP contribution in [0.15, 0.2) is 146 Å². The van der Waals surface area contributed by atoms with Gasteiger partial charge in [0.05, 0.1) is 11.4 Å². The van der Waals surface area contributed by atoms with Crippen molar-refractivity contribution in [1.82, 2.24) is 15.0 Å². The van der Waals surface area contributed by atoms with E-state index in [4.69, 9.17) is 4.74 Å². The van der Waals surface area contributed by atoms with Gasteiger partial charge in [0, 0.05) is 0 Å². The van der Waals surface area contributed by atoms with Crippen LogP contribution in [0, 0.1) is 0 Å². The summed E-state index contributed by atoms with van der Waals surface area (Å²) in [6.45, 7) is 0. The first kappa shape index (κ1) is 23.3. The number of hydrogen-bond donors (Lipinski definition) is 0. The molecule has 6 aromatic rings. The summed E-state index contributed by atoms with van der Waals surface area (Å²) in [5.41, 5.74) is 2.39. The lowest BCUT2D eigenvalue weighted by atomic mass is 9.76. The first-order valence-corrected chi connectivity index (χ1v) is 13.0. The summed E-state index contributed by atoms with van der Waals surface area (Å²) >= 11 is 0. The number of para-hydroxylation sites is 1. The lowest BCUT2D eigenvalue weighted by molar-refractivity contribution is -0.128. The lowest BCUT2D eigenvalue weighted by Crippen LogP contribution is -2.41. The summed E-state index contributed by atoms with van der Waals surface area (Å²) in [4.78, 5) is 15.3. The maximum absolute atomic E-state index is 15.3. The molecule has 0 bridgehead atoms. The van der Waals surface area contributed by atoms with E-state index in [-0.39, 0.29) is 5.78 Å². The normalized spacial score (nSPS) is 17.8. The van der Waals surface area contributed by atoms with Crippen molar-refractivity contribution in [3.63, 3.8) is 0 Å². The molecule has 1 atom stereocenters. The third-order valence-electron chi connectivity index (χ3n) is 7.61. The number of hydrogen-bond acceptors (Lipinski definition) is 4. The molecule has 188 valence electrons. The molecular weight excluding hydrogens is 482 g/mol. The number of nitrogens with zero attached hydrogens (tertiary/aromatic N) is 3. The molecule has 0 amide bonds. The highest BCUT2D eigenvalue weighted by atomic mass is 16.7. The fourth-order valence-corrected chi connectivity index (χ4v) is 5.82. The number of aromatic nitrogens is 3. The first-order chi connectivity index (χ1) is 19.3. The fraction of sp³-hybridized carbons (Fsp3) is 0.0882. The average molecular weight is 508 g/mol. The number of Topliss-reactive ketones (excluding diaryl/α,β-unsaturated/α-hetero) is 1. The van der Waals surface area contributed by atoms with E-state index in [0.29, 0.717) is 5.52 Å². The molecule has 0 radical (unpaired) electrons. The van der Waals surface area contributed by atoms with Gasteiger partial charge in [-0.15, -0.1) is 5.10 Å². The van der Waals surface area contributed by atoms with E-state index in [2.05, 4.69) is 10.3 Å². The molecule has 1 aliphatic heterocycles. The molecule has 1 unspecified atom stereocenters. The maximum Gasteiger partial charge on any atom is 0.262 e. The van der Waals surface area contributed by atoms with E-state index in [1.807, 2.05) is 146 Å². The molecule has 5 nitrogen and oxygen atoms in total. The van der Waals surface area contributed by atoms with Crippen molar-refractivity contribution >= 4 is 16.8 Å². The molecule has 7 rings (SSSR count). The summed E-state index contributed by atoms with van der Waals surface area (Å²) in [5.74, 6) is -0.701. The molecule has 0 N–H and O–H groups in total. The van der Waals surface area contributed by atoms with Crippen LogP contribution in [0.25, 0.3) is 11.0 Å². The molecule has 2 heterocycles. The number of ketones is 1. The highest BCUT2D eigenvalue weighted by Crippen LogP contribution is 2.65. The maximum atomic E-state index is 15.3. The standard InChI is InChI=1S/C34H25N3O2/c38-32(31(25-15-5-1-6-16-25)26-17-7-2-8-18-26)34(37-30-24-14-13-23-29(30)35-36-37)33(39-34,27-19-9-3-10-20-27)28-21-11-4-12-22-28/h1-24,31H. The third-order valence-corrected chi connectivity index (χ3v) is 7.61. The Morgan fingerprint density at radius 1 is 0.615 bits per heavy atom. The van der Waals surface area contributed by atoms with Crippen molar-refractivity contribution in [3.05, 3.63) is 168 Å². The van der Waals surface area contributed by atoms with Gasteiger partial charge in [0.15, 0.2) is 5.60 Å². The number of rotatable bonds is 7. The second-order valence-corrected chi connectivity index (χ2v) is 9.77. The number of fused-ring (bicyclic) bond motifs is 1. The second-order valence-electron chi connectivity index (χ2n) is 9.77. The largest absolute Gasteiger partial charge is 0.322 e. The lowest BCUT2D eigenvalue weighted by Gasteiger charge is -2.25. The van der Waals surface area contributed by atoms with E-state index < -0.39 is 17.2 Å². The number of epoxide rings is 1. The van der Waals surface area contributed by atoms with Gasteiger partial charge in [-0.2, -0.15) is 0 Å². The number of benzene rings is 5. The molecule has 0 saturated carbocycles. The first-order valence-electron chi connectivity index (χ1n) is 13.0. The summed E-state index contributed by atoms with van der Waals surface area (Å²) in [6, 6.07) is 47.4. The van der Waals surface area contributed by atoms with Crippen molar-refractivity contribution in [2.24, 2.45) is 0 Å². The number of carbonyl (C=O) groups is 1. The molecular formula is C34H25N3O2. The van der Waals surface area contributed by atoms with Crippen LogP contribution >= 0.6 is 0 Å². The molecule has 1 fully saturated rings. The van der Waals surface area contributed by atoms with Crippen LogP contribution in [0.3, 0.4) is 0 Å². The Kier molecular flexibility index (Phi) is 5.46. The predicted molar refractivity (Wildman–Crippen MR) is 150 cm³/mol. The van der Waals surface area contributed by atoms with E-state index >= 15 is 4.79 Å². The van der Waals surface area contributed by atoms with Gasteiger partial charge in [0.2, 0.25) is 5.78 Å². The third kappa shape index (κ3) is 3.47. The molecule has 1 aliphatic rings. The van der Waals surface area contributed by atoms with Crippen LogP contribution in [0.1, 0.15) is 28.2 Å². The molecule has 39 heavy (non-hydrogen) atoms. The van der Waals surface area contributed by atoms with E-state index in [1.54, 1.807) is 4.68 Å². The molecule has 1 aromatic heterocycles. The number of carbonyl (C=O) groups excluding carboxylic acids is 1. The van der Waals surface area contributed by atoms with Crippen LogP contribution in [0.2, 0.25) is 0 Å². The van der Waals surface area contributed by atoms with Gasteiger partial charge in [0.25, 0.3) is 5.72 Å². The monoisotopic (exact) mass is 507 g/mol. The van der Waals surface area contributed by atoms with Crippen molar-refractivity contribution in [1.29, 1.82) is 0 Å². The Hall–Kier alpha value is -4.87. The molecule has 0 spiro atoms. The van der Waals surface area contributed by atoms with Crippen LogP contribution in [-0.2, 0) is 20.9 Å². The van der Waals surface area contributed by atoms with Crippen molar-refractivity contribution < 1.29 is 9.53 Å². The van der Waals surface area contributed by atoms with Gasteiger partial charge >= 0.3 is 0 Å². The topological polar surface area (TPSA) is 60.3 Å². The highest BCUT2D eigenvalue weighted by molar-refractivity contribution is 5.99. The summed E-state index contributed by atoms with van der Waals surface area (Å²) < 4.78 is 8.61. The van der Waals surface area contributed by atoms with Crippen molar-refractivity contribution in [2.45, 2.75) is 17.2 Å². The fourth-order valence-electron chi connectivity index (χ4n) is 5.82. The molecule has 5 aromatic carbocycles. The van der Waals surface area contributed by atoms with Crippen LogP contribution in [-0.4, -0.2) is 20.8 Å². The Balaban J connectivity index is 1.54. The number of ether oxygens (including phenoxy) is 1. The average Bonchev–Trinajstić information content (AvgIpc) is 3.55. The van der Waals surface area contributed by atoms with Crippen LogP contribution in [0.4, 0.5) is 0 Å². The van der Waals surface area contributed by atoms with E-state index in [1.165, 1.54) is 0 Å². The summed E-state index contributed by atoms with van der Waals surface area (Å²) in [6.07, 6.45) is 0. The minimum atomic E-state index is -1.48. The van der Waals surface area contributed by atoms with Crippen LogP contribution in [0.5, 0.6) is 0 Å². The van der Waals surface area contributed by atoms with Gasteiger partial charge in [-0.05, 0) is 34.4 Å². The predicted octanol–water partition coefficient (Wildman–Crippen LogP) is 6.46. The zero-order valence-electron chi connectivity index (χ0n) is 21.1. The Bertz CT molecular complexity index is 1670. The van der Waals surface area contributed by atoms with Crippen molar-refractivity contribution in [3.8, 4) is 0 Å². The second kappa shape index (κ2) is 9.15. The smallest absolute Gasteiger partial charge is 0.262 e. The quantitative estimate of drug-likeness (QED) is 0.233. The van der Waals surface area contributed by atoms with Gasteiger partial charge in [-0.1, -0.05) is 139 Å². The van der Waals surface area contributed by atoms with Gasteiger partial charge in [-0.3, -0.25) is 4.79 Å². The highest BCUT2D eigenvalue weighted by Gasteiger charge is 2.79. The Morgan fingerprint density at radius 2 is 1.08 bits per heavy atom. The molecule has 1 saturated heterocycles. The summed E-state index contributed by atoms with van der Waals surface area (Å²) in [5, 5.41) is 9.03. The zero-order chi connectivity index (χ0) is 26.3. The minimum absolute atomic E-state index is 0.108. The molecule has 5 heteroatoms. The van der Waals surface area contributed by atoms with Crippen LogP contribution < -0.4 is 0 Å².